The Balaban J connectivity index is 2.89. The van der Waals surface area contributed by atoms with Crippen LogP contribution in [0.3, 0.4) is 0 Å². The fraction of sp³-hybridized carbons (Fsp3) is 0.600. The maximum Gasteiger partial charge on any atom is 0.0206 e. The molecule has 2 nitrogen and oxygen atoms in total. The third-order valence-corrected chi connectivity index (χ3v) is 2.98. The Morgan fingerprint density at radius 1 is 1.12 bits per heavy atom. The molecule has 0 saturated heterocycles. The van der Waals surface area contributed by atoms with Crippen molar-refractivity contribution in [2.45, 2.75) is 46.1 Å². The lowest BCUT2D eigenvalue weighted by Crippen LogP contribution is -2.22. The summed E-state index contributed by atoms with van der Waals surface area (Å²) in [5.74, 6) is 0. The van der Waals surface area contributed by atoms with Crippen LogP contribution < -0.4 is 11.1 Å². The molecule has 0 bridgehead atoms. The second kappa shape index (κ2) is 6.18. The van der Waals surface area contributed by atoms with Gasteiger partial charge in [0.2, 0.25) is 0 Å². The number of hydrogen-bond acceptors (Lipinski definition) is 2. The SMILES string of the molecule is CCc1cc(CNCCN)cc(C(C)(C)C)c1. The lowest BCUT2D eigenvalue weighted by molar-refractivity contribution is 0.587. The standard InChI is InChI=1S/C15H26N2/c1-5-12-8-13(11-17-7-6-16)10-14(9-12)15(2,3)4/h8-10,17H,5-7,11,16H2,1-4H3. The molecule has 0 aliphatic heterocycles. The van der Waals surface area contributed by atoms with Crippen molar-refractivity contribution in [3.63, 3.8) is 0 Å². The van der Waals surface area contributed by atoms with Gasteiger partial charge in [-0.15, -0.1) is 0 Å². The highest BCUT2D eigenvalue weighted by molar-refractivity contribution is 5.34. The first-order valence-electron chi connectivity index (χ1n) is 6.51. The van der Waals surface area contributed by atoms with Crippen molar-refractivity contribution in [2.24, 2.45) is 5.73 Å². The van der Waals surface area contributed by atoms with Crippen LogP contribution in [0.15, 0.2) is 18.2 Å². The van der Waals surface area contributed by atoms with E-state index in [1.807, 2.05) is 0 Å². The molecule has 0 spiro atoms. The molecule has 1 aromatic carbocycles. The van der Waals surface area contributed by atoms with Gasteiger partial charge in [0.1, 0.15) is 0 Å². The molecule has 17 heavy (non-hydrogen) atoms. The molecule has 0 fully saturated rings. The number of aryl methyl sites for hydroxylation is 1. The van der Waals surface area contributed by atoms with E-state index in [4.69, 9.17) is 5.73 Å². The molecule has 3 N–H and O–H groups in total. The van der Waals surface area contributed by atoms with Gasteiger partial charge < -0.3 is 11.1 Å². The van der Waals surface area contributed by atoms with Gasteiger partial charge in [0.15, 0.2) is 0 Å². The molecule has 0 unspecified atom stereocenters. The fourth-order valence-corrected chi connectivity index (χ4v) is 1.84. The lowest BCUT2D eigenvalue weighted by Gasteiger charge is -2.21. The molecule has 0 aliphatic carbocycles. The summed E-state index contributed by atoms with van der Waals surface area (Å²) in [5.41, 5.74) is 9.90. The van der Waals surface area contributed by atoms with Gasteiger partial charge in [-0.05, 0) is 28.5 Å². The predicted octanol–water partition coefficient (Wildman–Crippen LogP) is 2.59. The topological polar surface area (TPSA) is 38.0 Å². The molecule has 96 valence electrons. The lowest BCUT2D eigenvalue weighted by atomic mass is 9.84. The maximum atomic E-state index is 5.49. The van der Waals surface area contributed by atoms with Crippen LogP contribution >= 0.6 is 0 Å². The van der Waals surface area contributed by atoms with Crippen molar-refractivity contribution in [1.29, 1.82) is 0 Å². The van der Waals surface area contributed by atoms with Crippen LogP contribution in [0.2, 0.25) is 0 Å². The highest BCUT2D eigenvalue weighted by Gasteiger charge is 2.14. The Morgan fingerprint density at radius 3 is 2.29 bits per heavy atom. The van der Waals surface area contributed by atoms with Crippen LogP contribution in [-0.2, 0) is 18.4 Å². The van der Waals surface area contributed by atoms with Crippen LogP contribution in [-0.4, -0.2) is 13.1 Å². The van der Waals surface area contributed by atoms with Crippen LogP contribution in [0.1, 0.15) is 44.4 Å². The van der Waals surface area contributed by atoms with E-state index in [1.54, 1.807) is 0 Å². The van der Waals surface area contributed by atoms with Crippen molar-refractivity contribution >= 4 is 0 Å². The summed E-state index contributed by atoms with van der Waals surface area (Å²) in [6.45, 7) is 11.5. The zero-order valence-corrected chi connectivity index (χ0v) is 11.6. The van der Waals surface area contributed by atoms with Crippen LogP contribution in [0.5, 0.6) is 0 Å². The number of nitrogens with two attached hydrogens (primary N) is 1. The van der Waals surface area contributed by atoms with Crippen molar-refractivity contribution in [2.75, 3.05) is 13.1 Å². The number of hydrogen-bond donors (Lipinski definition) is 2. The highest BCUT2D eigenvalue weighted by atomic mass is 14.9. The first-order chi connectivity index (χ1) is 7.97. The minimum atomic E-state index is 0.216. The zero-order valence-electron chi connectivity index (χ0n) is 11.6. The normalized spacial score (nSPS) is 11.8. The van der Waals surface area contributed by atoms with E-state index in [0.29, 0.717) is 6.54 Å². The third-order valence-electron chi connectivity index (χ3n) is 2.98. The summed E-state index contributed by atoms with van der Waals surface area (Å²) >= 11 is 0. The van der Waals surface area contributed by atoms with E-state index in [-0.39, 0.29) is 5.41 Å². The molecular formula is C15H26N2. The van der Waals surface area contributed by atoms with Gasteiger partial charge >= 0.3 is 0 Å². The molecule has 1 aromatic rings. The van der Waals surface area contributed by atoms with Crippen molar-refractivity contribution < 1.29 is 0 Å². The van der Waals surface area contributed by atoms with Crippen molar-refractivity contribution in [3.05, 3.63) is 34.9 Å². The van der Waals surface area contributed by atoms with Gasteiger partial charge in [0, 0.05) is 19.6 Å². The summed E-state index contributed by atoms with van der Waals surface area (Å²) in [5, 5.41) is 3.36. The molecule has 0 amide bonds. The van der Waals surface area contributed by atoms with Crippen molar-refractivity contribution in [1.82, 2.24) is 5.32 Å². The minimum Gasteiger partial charge on any atom is -0.329 e. The Hall–Kier alpha value is -0.860. The molecular weight excluding hydrogens is 208 g/mol. The Labute approximate surface area is 106 Å². The number of rotatable bonds is 5. The van der Waals surface area contributed by atoms with Gasteiger partial charge in [-0.25, -0.2) is 0 Å². The van der Waals surface area contributed by atoms with E-state index >= 15 is 0 Å². The quantitative estimate of drug-likeness (QED) is 0.769. The van der Waals surface area contributed by atoms with Crippen LogP contribution in [0, 0.1) is 0 Å². The molecule has 0 saturated carbocycles. The highest BCUT2D eigenvalue weighted by Crippen LogP contribution is 2.24. The smallest absolute Gasteiger partial charge is 0.0206 e. The van der Waals surface area contributed by atoms with Crippen molar-refractivity contribution in [3.8, 4) is 0 Å². The van der Waals surface area contributed by atoms with E-state index in [0.717, 1.165) is 19.5 Å². The summed E-state index contributed by atoms with van der Waals surface area (Å²) in [7, 11) is 0. The van der Waals surface area contributed by atoms with Crippen LogP contribution in [0.4, 0.5) is 0 Å². The Bertz CT molecular complexity index is 350. The summed E-state index contributed by atoms with van der Waals surface area (Å²) in [6.07, 6.45) is 1.09. The second-order valence-electron chi connectivity index (χ2n) is 5.61. The molecule has 0 atom stereocenters. The van der Waals surface area contributed by atoms with E-state index < -0.39 is 0 Å². The Morgan fingerprint density at radius 2 is 1.76 bits per heavy atom. The largest absolute Gasteiger partial charge is 0.329 e. The Kier molecular flexibility index (Phi) is 5.16. The third kappa shape index (κ3) is 4.49. The number of nitrogens with one attached hydrogen (secondary N) is 1. The van der Waals surface area contributed by atoms with Gasteiger partial charge in [-0.1, -0.05) is 45.9 Å². The molecule has 0 radical (unpaired) electrons. The van der Waals surface area contributed by atoms with Crippen LogP contribution in [0.25, 0.3) is 0 Å². The maximum absolute atomic E-state index is 5.49. The molecule has 1 rings (SSSR count). The van der Waals surface area contributed by atoms with Gasteiger partial charge in [0.25, 0.3) is 0 Å². The minimum absolute atomic E-state index is 0.216. The first-order valence-corrected chi connectivity index (χ1v) is 6.51. The van der Waals surface area contributed by atoms with E-state index in [9.17, 15) is 0 Å². The summed E-state index contributed by atoms with van der Waals surface area (Å²) < 4.78 is 0. The number of benzene rings is 1. The average Bonchev–Trinajstić information content (AvgIpc) is 2.28. The molecule has 2 heteroatoms. The van der Waals surface area contributed by atoms with E-state index in [2.05, 4.69) is 51.2 Å². The summed E-state index contributed by atoms with van der Waals surface area (Å²) in [6, 6.07) is 6.92. The fourth-order valence-electron chi connectivity index (χ4n) is 1.84. The molecule has 0 aliphatic rings. The summed E-state index contributed by atoms with van der Waals surface area (Å²) in [4.78, 5) is 0. The van der Waals surface area contributed by atoms with E-state index in [1.165, 1.54) is 16.7 Å². The second-order valence-corrected chi connectivity index (χ2v) is 5.61. The predicted molar refractivity (Wildman–Crippen MR) is 75.3 cm³/mol. The average molecular weight is 234 g/mol. The first kappa shape index (κ1) is 14.2. The zero-order chi connectivity index (χ0) is 12.9. The van der Waals surface area contributed by atoms with Gasteiger partial charge in [-0.2, -0.15) is 0 Å². The molecule has 0 aromatic heterocycles. The van der Waals surface area contributed by atoms with Gasteiger partial charge in [0.05, 0.1) is 0 Å². The van der Waals surface area contributed by atoms with Gasteiger partial charge in [-0.3, -0.25) is 0 Å². The molecule has 0 heterocycles. The monoisotopic (exact) mass is 234 g/mol.